The summed E-state index contributed by atoms with van der Waals surface area (Å²) in [5.41, 5.74) is 2.93. The molecule has 3 aromatic carbocycles. The molecule has 0 aliphatic rings. The topological polar surface area (TPSA) is 58.6 Å². The van der Waals surface area contributed by atoms with E-state index in [0.717, 1.165) is 16.7 Å². The Morgan fingerprint density at radius 1 is 0.906 bits per heavy atom. The van der Waals surface area contributed by atoms with Crippen molar-refractivity contribution in [2.75, 3.05) is 19.7 Å². The van der Waals surface area contributed by atoms with E-state index < -0.39 is 0 Å². The SMILES string of the molecule is CCN(CC(=O)NCc1ccc(F)cc1)C(=O)COc1ccccc1Cc1ccccc1. The minimum absolute atomic E-state index is 0.0639. The molecule has 3 rings (SSSR count). The molecule has 6 heteroatoms. The van der Waals surface area contributed by atoms with E-state index in [-0.39, 0.29) is 37.3 Å². The molecule has 166 valence electrons. The van der Waals surface area contributed by atoms with E-state index in [4.69, 9.17) is 4.74 Å². The Balaban J connectivity index is 1.52. The molecule has 0 saturated heterocycles. The van der Waals surface area contributed by atoms with Crippen LogP contribution in [-0.2, 0) is 22.6 Å². The van der Waals surface area contributed by atoms with Gasteiger partial charge in [-0.3, -0.25) is 9.59 Å². The van der Waals surface area contributed by atoms with Crippen molar-refractivity contribution in [1.82, 2.24) is 10.2 Å². The smallest absolute Gasteiger partial charge is 0.260 e. The number of carbonyl (C=O) groups excluding carboxylic acids is 2. The summed E-state index contributed by atoms with van der Waals surface area (Å²) in [6.07, 6.45) is 0.703. The van der Waals surface area contributed by atoms with Crippen LogP contribution in [0.15, 0.2) is 78.9 Å². The van der Waals surface area contributed by atoms with E-state index in [9.17, 15) is 14.0 Å². The second-order valence-electron chi connectivity index (χ2n) is 7.37. The lowest BCUT2D eigenvalue weighted by Gasteiger charge is -2.21. The average molecular weight is 435 g/mol. The predicted molar refractivity (Wildman–Crippen MR) is 122 cm³/mol. The van der Waals surface area contributed by atoms with Gasteiger partial charge in [0, 0.05) is 19.5 Å². The molecule has 5 nitrogen and oxygen atoms in total. The van der Waals surface area contributed by atoms with Crippen molar-refractivity contribution in [1.29, 1.82) is 0 Å². The van der Waals surface area contributed by atoms with Gasteiger partial charge < -0.3 is 15.0 Å². The molecule has 32 heavy (non-hydrogen) atoms. The number of likely N-dealkylation sites (N-methyl/N-ethyl adjacent to an activating group) is 1. The molecule has 0 heterocycles. The van der Waals surface area contributed by atoms with Crippen LogP contribution in [0.1, 0.15) is 23.6 Å². The standard InChI is InChI=1S/C26H27FN2O3/c1-2-29(18-25(30)28-17-21-12-14-23(27)15-13-21)26(31)19-32-24-11-7-6-10-22(24)16-20-8-4-3-5-9-20/h3-15H,2,16-19H2,1H3,(H,28,30). The first-order valence-corrected chi connectivity index (χ1v) is 10.6. The van der Waals surface area contributed by atoms with Crippen molar-refractivity contribution in [3.05, 3.63) is 101 Å². The summed E-state index contributed by atoms with van der Waals surface area (Å²) < 4.78 is 18.8. The molecular weight excluding hydrogens is 407 g/mol. The van der Waals surface area contributed by atoms with E-state index in [1.807, 2.05) is 61.5 Å². The second-order valence-corrected chi connectivity index (χ2v) is 7.37. The number of ether oxygens (including phenoxy) is 1. The summed E-state index contributed by atoms with van der Waals surface area (Å²) in [6, 6.07) is 23.6. The van der Waals surface area contributed by atoms with Gasteiger partial charge >= 0.3 is 0 Å². The molecule has 1 N–H and O–H groups in total. The number of rotatable bonds is 10. The number of benzene rings is 3. The Hall–Kier alpha value is -3.67. The van der Waals surface area contributed by atoms with Gasteiger partial charge in [0.1, 0.15) is 11.6 Å². The van der Waals surface area contributed by atoms with Gasteiger partial charge in [-0.1, -0.05) is 60.7 Å². The second kappa shape index (κ2) is 11.6. The quantitative estimate of drug-likeness (QED) is 0.526. The van der Waals surface area contributed by atoms with Gasteiger partial charge in [-0.2, -0.15) is 0 Å². The minimum atomic E-state index is -0.326. The van der Waals surface area contributed by atoms with Crippen LogP contribution in [0.3, 0.4) is 0 Å². The van der Waals surface area contributed by atoms with Gasteiger partial charge in [-0.25, -0.2) is 4.39 Å². The third kappa shape index (κ3) is 6.94. The van der Waals surface area contributed by atoms with Crippen molar-refractivity contribution < 1.29 is 18.7 Å². The summed E-state index contributed by atoms with van der Waals surface area (Å²) in [5.74, 6) is -0.220. The number of nitrogens with zero attached hydrogens (tertiary/aromatic N) is 1. The summed E-state index contributed by atoms with van der Waals surface area (Å²) in [5, 5.41) is 2.75. The number of para-hydroxylation sites is 1. The van der Waals surface area contributed by atoms with Crippen LogP contribution < -0.4 is 10.1 Å². The number of hydrogen-bond acceptors (Lipinski definition) is 3. The van der Waals surface area contributed by atoms with Crippen molar-refractivity contribution in [2.24, 2.45) is 0 Å². The summed E-state index contributed by atoms with van der Waals surface area (Å²) in [6.45, 7) is 2.26. The Morgan fingerprint density at radius 3 is 2.31 bits per heavy atom. The van der Waals surface area contributed by atoms with E-state index in [1.54, 1.807) is 12.1 Å². The maximum atomic E-state index is 13.0. The van der Waals surface area contributed by atoms with Crippen LogP contribution in [0, 0.1) is 5.82 Å². The van der Waals surface area contributed by atoms with Crippen LogP contribution in [-0.4, -0.2) is 36.4 Å². The highest BCUT2D eigenvalue weighted by atomic mass is 19.1. The molecule has 0 radical (unpaired) electrons. The Morgan fingerprint density at radius 2 is 1.59 bits per heavy atom. The zero-order valence-electron chi connectivity index (χ0n) is 18.1. The van der Waals surface area contributed by atoms with Crippen LogP contribution >= 0.6 is 0 Å². The maximum Gasteiger partial charge on any atom is 0.260 e. The van der Waals surface area contributed by atoms with Crippen LogP contribution in [0.25, 0.3) is 0 Å². The molecule has 2 amide bonds. The first-order valence-electron chi connectivity index (χ1n) is 10.6. The lowest BCUT2D eigenvalue weighted by molar-refractivity contribution is -0.137. The van der Waals surface area contributed by atoms with Crippen LogP contribution in [0.4, 0.5) is 4.39 Å². The fourth-order valence-corrected chi connectivity index (χ4v) is 3.25. The lowest BCUT2D eigenvalue weighted by atomic mass is 10.0. The van der Waals surface area contributed by atoms with Crippen LogP contribution in [0.2, 0.25) is 0 Å². The molecular formula is C26H27FN2O3. The first-order chi connectivity index (χ1) is 15.5. The van der Waals surface area contributed by atoms with Gasteiger partial charge in [0.05, 0.1) is 6.54 Å². The Kier molecular flexibility index (Phi) is 8.37. The molecule has 0 aromatic heterocycles. The molecule has 0 aliphatic carbocycles. The highest BCUT2D eigenvalue weighted by Gasteiger charge is 2.17. The number of amides is 2. The van der Waals surface area contributed by atoms with Crippen molar-refractivity contribution >= 4 is 11.8 Å². The fourth-order valence-electron chi connectivity index (χ4n) is 3.25. The number of halogens is 1. The molecule has 0 fully saturated rings. The largest absolute Gasteiger partial charge is 0.483 e. The van der Waals surface area contributed by atoms with Crippen molar-refractivity contribution in [2.45, 2.75) is 19.9 Å². The Labute approximate surface area is 187 Å². The minimum Gasteiger partial charge on any atom is -0.483 e. The summed E-state index contributed by atoms with van der Waals surface area (Å²) in [7, 11) is 0. The summed E-state index contributed by atoms with van der Waals surface area (Å²) >= 11 is 0. The maximum absolute atomic E-state index is 13.0. The third-order valence-corrected chi connectivity index (χ3v) is 5.03. The highest BCUT2D eigenvalue weighted by molar-refractivity contribution is 5.85. The molecule has 0 spiro atoms. The normalized spacial score (nSPS) is 10.4. The van der Waals surface area contributed by atoms with E-state index in [2.05, 4.69) is 5.32 Å². The van der Waals surface area contributed by atoms with E-state index in [1.165, 1.54) is 17.0 Å². The van der Waals surface area contributed by atoms with E-state index in [0.29, 0.717) is 18.7 Å². The van der Waals surface area contributed by atoms with E-state index >= 15 is 0 Å². The average Bonchev–Trinajstić information content (AvgIpc) is 2.82. The first kappa shape index (κ1) is 23.0. The lowest BCUT2D eigenvalue weighted by Crippen LogP contribution is -2.42. The molecule has 0 saturated carbocycles. The summed E-state index contributed by atoms with van der Waals surface area (Å²) in [4.78, 5) is 26.4. The van der Waals surface area contributed by atoms with Crippen LogP contribution in [0.5, 0.6) is 5.75 Å². The monoisotopic (exact) mass is 434 g/mol. The molecule has 0 atom stereocenters. The molecule has 0 unspecified atom stereocenters. The van der Waals surface area contributed by atoms with Crippen molar-refractivity contribution in [3.63, 3.8) is 0 Å². The van der Waals surface area contributed by atoms with Gasteiger partial charge in [-0.15, -0.1) is 0 Å². The number of carbonyl (C=O) groups is 2. The predicted octanol–water partition coefficient (Wildman–Crippen LogP) is 3.96. The van der Waals surface area contributed by atoms with Gasteiger partial charge in [0.15, 0.2) is 6.61 Å². The van der Waals surface area contributed by atoms with Gasteiger partial charge in [0.2, 0.25) is 5.91 Å². The Bertz CT molecular complexity index is 1020. The van der Waals surface area contributed by atoms with Gasteiger partial charge in [-0.05, 0) is 41.8 Å². The zero-order chi connectivity index (χ0) is 22.8. The zero-order valence-corrected chi connectivity index (χ0v) is 18.1. The molecule has 3 aromatic rings. The highest BCUT2D eigenvalue weighted by Crippen LogP contribution is 2.21. The molecule has 0 aliphatic heterocycles. The third-order valence-electron chi connectivity index (χ3n) is 5.03. The fraction of sp³-hybridized carbons (Fsp3) is 0.231. The molecule has 0 bridgehead atoms. The number of nitrogens with one attached hydrogen (secondary N) is 1. The van der Waals surface area contributed by atoms with Crippen molar-refractivity contribution in [3.8, 4) is 5.75 Å². The van der Waals surface area contributed by atoms with Gasteiger partial charge in [0.25, 0.3) is 5.91 Å². The number of hydrogen-bond donors (Lipinski definition) is 1.